The van der Waals surface area contributed by atoms with E-state index in [1.807, 2.05) is 48.7 Å². The fourth-order valence-corrected chi connectivity index (χ4v) is 4.13. The van der Waals surface area contributed by atoms with E-state index >= 15 is 0 Å². The molecular formula is C22H24N4O2S. The van der Waals surface area contributed by atoms with Crippen LogP contribution in [0.15, 0.2) is 67.0 Å². The van der Waals surface area contributed by atoms with E-state index in [4.69, 9.17) is 21.7 Å². The van der Waals surface area contributed by atoms with Crippen molar-refractivity contribution in [3.63, 3.8) is 0 Å². The Balaban J connectivity index is 1.81. The molecule has 0 spiro atoms. The van der Waals surface area contributed by atoms with Gasteiger partial charge in [-0.15, -0.1) is 0 Å². The number of aromatic nitrogens is 2. The average molecular weight is 409 g/mol. The van der Waals surface area contributed by atoms with Gasteiger partial charge in [0.25, 0.3) is 0 Å². The molecule has 1 aromatic carbocycles. The highest BCUT2D eigenvalue weighted by Gasteiger charge is 2.42. The number of anilines is 1. The second-order valence-corrected chi connectivity index (χ2v) is 7.20. The highest BCUT2D eigenvalue weighted by atomic mass is 32.1. The van der Waals surface area contributed by atoms with Gasteiger partial charge < -0.3 is 24.3 Å². The fraction of sp³-hybridized carbons (Fsp3) is 0.273. The zero-order valence-electron chi connectivity index (χ0n) is 16.5. The van der Waals surface area contributed by atoms with Crippen molar-refractivity contribution in [1.82, 2.24) is 14.9 Å². The van der Waals surface area contributed by atoms with E-state index in [1.54, 1.807) is 14.2 Å². The fourth-order valence-electron chi connectivity index (χ4n) is 3.78. The molecule has 1 aliphatic rings. The van der Waals surface area contributed by atoms with Crippen molar-refractivity contribution in [2.24, 2.45) is 0 Å². The van der Waals surface area contributed by atoms with Crippen LogP contribution in [0.25, 0.3) is 0 Å². The largest absolute Gasteiger partial charge is 0.497 e. The van der Waals surface area contributed by atoms with Crippen molar-refractivity contribution in [3.05, 3.63) is 78.4 Å². The highest BCUT2D eigenvalue weighted by molar-refractivity contribution is 7.80. The predicted octanol–water partition coefficient (Wildman–Crippen LogP) is 3.72. The monoisotopic (exact) mass is 408 g/mol. The van der Waals surface area contributed by atoms with E-state index in [9.17, 15) is 0 Å². The Morgan fingerprint density at radius 3 is 2.76 bits per heavy atom. The third kappa shape index (κ3) is 3.83. The molecule has 7 heteroatoms. The van der Waals surface area contributed by atoms with Gasteiger partial charge >= 0.3 is 0 Å². The summed E-state index contributed by atoms with van der Waals surface area (Å²) >= 11 is 5.77. The summed E-state index contributed by atoms with van der Waals surface area (Å²) in [5.41, 5.74) is 3.07. The Morgan fingerprint density at radius 1 is 1.10 bits per heavy atom. The summed E-state index contributed by atoms with van der Waals surface area (Å²) in [6, 6.07) is 18.0. The van der Waals surface area contributed by atoms with E-state index in [2.05, 4.69) is 38.1 Å². The first kappa shape index (κ1) is 19.4. The Morgan fingerprint density at radius 2 is 2.00 bits per heavy atom. The van der Waals surface area contributed by atoms with Crippen LogP contribution in [-0.4, -0.2) is 35.5 Å². The normalized spacial score (nSPS) is 18.7. The molecule has 0 aliphatic carbocycles. The lowest BCUT2D eigenvalue weighted by atomic mass is 10.0. The van der Waals surface area contributed by atoms with Crippen LogP contribution in [-0.2, 0) is 11.3 Å². The Labute approximate surface area is 176 Å². The van der Waals surface area contributed by atoms with E-state index in [0.717, 1.165) is 29.4 Å². The number of nitrogens with one attached hydrogen (secondary N) is 1. The molecule has 2 atom stereocenters. The molecular weight excluding hydrogens is 384 g/mol. The number of hydrogen-bond donors (Lipinski definition) is 1. The minimum Gasteiger partial charge on any atom is -0.497 e. The van der Waals surface area contributed by atoms with Gasteiger partial charge in [0.05, 0.1) is 25.5 Å². The molecule has 3 heterocycles. The van der Waals surface area contributed by atoms with Crippen molar-refractivity contribution in [1.29, 1.82) is 0 Å². The van der Waals surface area contributed by atoms with Crippen molar-refractivity contribution in [2.75, 3.05) is 25.7 Å². The van der Waals surface area contributed by atoms with Crippen molar-refractivity contribution >= 4 is 23.0 Å². The van der Waals surface area contributed by atoms with Crippen molar-refractivity contribution in [3.8, 4) is 5.75 Å². The van der Waals surface area contributed by atoms with Crippen molar-refractivity contribution < 1.29 is 9.47 Å². The maximum Gasteiger partial charge on any atom is 0.174 e. The van der Waals surface area contributed by atoms with Gasteiger partial charge in [0.1, 0.15) is 11.8 Å². The number of hydrogen-bond acceptors (Lipinski definition) is 4. The van der Waals surface area contributed by atoms with Crippen LogP contribution in [0, 0.1) is 0 Å². The zero-order chi connectivity index (χ0) is 20.2. The maximum absolute atomic E-state index is 5.77. The molecule has 0 amide bonds. The van der Waals surface area contributed by atoms with Gasteiger partial charge in [-0.25, -0.2) is 0 Å². The second kappa shape index (κ2) is 8.63. The molecule has 1 saturated heterocycles. The van der Waals surface area contributed by atoms with Gasteiger partial charge in [-0.3, -0.25) is 4.98 Å². The number of rotatable bonds is 7. The van der Waals surface area contributed by atoms with E-state index in [0.29, 0.717) is 11.7 Å². The standard InChI is InChI=1S/C22H24N4O2S/c1-27-14-13-25-12-6-10-19(25)21-20(18-9-3-4-11-23-18)24-22(29)26(21)16-7-5-8-17(15-16)28-2/h3-12,15,20-21H,13-14H2,1-2H3,(H,24,29). The van der Waals surface area contributed by atoms with Crippen LogP contribution < -0.4 is 15.0 Å². The lowest BCUT2D eigenvalue weighted by Gasteiger charge is -2.29. The lowest BCUT2D eigenvalue weighted by molar-refractivity contribution is 0.186. The van der Waals surface area contributed by atoms with Crippen LogP contribution in [0.5, 0.6) is 5.75 Å². The van der Waals surface area contributed by atoms with Crippen LogP contribution >= 0.6 is 12.2 Å². The van der Waals surface area contributed by atoms with Gasteiger partial charge in [-0.1, -0.05) is 12.1 Å². The third-order valence-electron chi connectivity index (χ3n) is 5.13. The molecule has 2 aromatic heterocycles. The van der Waals surface area contributed by atoms with Gasteiger partial charge in [0.2, 0.25) is 0 Å². The summed E-state index contributed by atoms with van der Waals surface area (Å²) < 4.78 is 13.0. The molecule has 150 valence electrons. The Hall–Kier alpha value is -2.90. The van der Waals surface area contributed by atoms with Crippen molar-refractivity contribution in [2.45, 2.75) is 18.6 Å². The minimum absolute atomic E-state index is 0.0589. The topological polar surface area (TPSA) is 51.5 Å². The molecule has 29 heavy (non-hydrogen) atoms. The Kier molecular flexibility index (Phi) is 5.78. The van der Waals surface area contributed by atoms with E-state index < -0.39 is 0 Å². The maximum atomic E-state index is 5.77. The first-order chi connectivity index (χ1) is 14.2. The number of methoxy groups -OCH3 is 2. The number of thiocarbonyl (C=S) groups is 1. The molecule has 1 fully saturated rings. The van der Waals surface area contributed by atoms with Gasteiger partial charge in [0.15, 0.2) is 5.11 Å². The van der Waals surface area contributed by atoms with Crippen LogP contribution in [0.1, 0.15) is 23.5 Å². The Bertz CT molecular complexity index is 976. The molecule has 2 unspecified atom stereocenters. The molecule has 1 N–H and O–H groups in total. The zero-order valence-corrected chi connectivity index (χ0v) is 17.3. The summed E-state index contributed by atoms with van der Waals surface area (Å²) in [4.78, 5) is 6.75. The van der Waals surface area contributed by atoms with Crippen LogP contribution in [0.4, 0.5) is 5.69 Å². The summed E-state index contributed by atoms with van der Waals surface area (Å²) in [7, 11) is 3.39. The molecule has 0 radical (unpaired) electrons. The molecule has 1 aliphatic heterocycles. The quantitative estimate of drug-likeness (QED) is 0.602. The van der Waals surface area contributed by atoms with Gasteiger partial charge in [-0.2, -0.15) is 0 Å². The SMILES string of the molecule is COCCn1cccc1C1C(c2ccccn2)NC(=S)N1c1cccc(OC)c1. The van der Waals surface area contributed by atoms with E-state index in [1.165, 1.54) is 0 Å². The molecule has 0 bridgehead atoms. The number of nitrogens with zero attached hydrogens (tertiary/aromatic N) is 3. The number of pyridine rings is 1. The first-order valence-corrected chi connectivity index (χ1v) is 9.92. The predicted molar refractivity (Wildman–Crippen MR) is 117 cm³/mol. The van der Waals surface area contributed by atoms with Gasteiger partial charge in [0, 0.05) is 43.5 Å². The first-order valence-electron chi connectivity index (χ1n) is 9.51. The number of benzene rings is 1. The molecule has 3 aromatic rings. The average Bonchev–Trinajstić information content (AvgIpc) is 3.36. The van der Waals surface area contributed by atoms with Crippen LogP contribution in [0.2, 0.25) is 0 Å². The summed E-state index contributed by atoms with van der Waals surface area (Å²) in [5, 5.41) is 4.15. The molecule has 6 nitrogen and oxygen atoms in total. The summed E-state index contributed by atoms with van der Waals surface area (Å²) in [6.07, 6.45) is 3.89. The molecule has 4 rings (SSSR count). The second-order valence-electron chi connectivity index (χ2n) is 6.82. The van der Waals surface area contributed by atoms with Gasteiger partial charge in [-0.05, 0) is 48.6 Å². The number of ether oxygens (including phenoxy) is 2. The van der Waals surface area contributed by atoms with Crippen LogP contribution in [0.3, 0.4) is 0 Å². The smallest absolute Gasteiger partial charge is 0.174 e. The lowest BCUT2D eigenvalue weighted by Crippen LogP contribution is -2.30. The minimum atomic E-state index is -0.0777. The van der Waals surface area contributed by atoms with E-state index in [-0.39, 0.29) is 12.1 Å². The third-order valence-corrected chi connectivity index (χ3v) is 5.45. The summed E-state index contributed by atoms with van der Waals surface area (Å²) in [5.74, 6) is 0.792. The molecule has 0 saturated carbocycles. The summed E-state index contributed by atoms with van der Waals surface area (Å²) in [6.45, 7) is 1.41. The highest BCUT2D eigenvalue weighted by Crippen LogP contribution is 2.42.